The molecule has 0 atom stereocenters. The van der Waals surface area contributed by atoms with E-state index in [0.717, 1.165) is 0 Å². The van der Waals surface area contributed by atoms with Crippen LogP contribution in [0.25, 0.3) is 0 Å². The molecule has 4 nitrogen and oxygen atoms in total. The van der Waals surface area contributed by atoms with Crippen LogP contribution < -0.4 is 10.2 Å². The SMILES string of the molecule is O=C1C(=O)N(CCNC2CC2)c2ccc(Cl)cc21. The first kappa shape index (κ1) is 11.7. The number of carbonyl (C=O) groups is 2. The summed E-state index contributed by atoms with van der Waals surface area (Å²) in [5.74, 6) is -0.913. The van der Waals surface area contributed by atoms with Crippen molar-refractivity contribution in [2.45, 2.75) is 18.9 Å². The maximum absolute atomic E-state index is 11.9. The predicted molar refractivity (Wildman–Crippen MR) is 69.2 cm³/mol. The van der Waals surface area contributed by atoms with Gasteiger partial charge in [0.05, 0.1) is 11.3 Å². The molecule has 0 spiro atoms. The molecule has 1 aliphatic heterocycles. The number of fused-ring (bicyclic) bond motifs is 1. The molecule has 94 valence electrons. The standard InChI is InChI=1S/C13H13ClN2O2/c14-8-1-4-11-10(7-8)12(17)13(18)16(11)6-5-15-9-2-3-9/h1,4,7,9,15H,2-3,5-6H2. The van der Waals surface area contributed by atoms with E-state index in [1.165, 1.54) is 17.7 Å². The minimum Gasteiger partial charge on any atom is -0.312 e. The molecule has 5 heteroatoms. The van der Waals surface area contributed by atoms with Crippen molar-refractivity contribution >= 4 is 29.0 Å². The molecule has 1 aromatic carbocycles. The average molecular weight is 265 g/mol. The Morgan fingerprint density at radius 1 is 1.33 bits per heavy atom. The number of hydrogen-bond donors (Lipinski definition) is 1. The van der Waals surface area contributed by atoms with Crippen LogP contribution >= 0.6 is 11.6 Å². The molecule has 1 amide bonds. The number of carbonyl (C=O) groups excluding carboxylic acids is 2. The number of amides is 1. The van der Waals surface area contributed by atoms with Gasteiger partial charge < -0.3 is 10.2 Å². The second-order valence-electron chi connectivity index (χ2n) is 4.68. The van der Waals surface area contributed by atoms with Crippen molar-refractivity contribution in [2.75, 3.05) is 18.0 Å². The Bertz CT molecular complexity index is 526. The van der Waals surface area contributed by atoms with Crippen molar-refractivity contribution in [1.82, 2.24) is 5.32 Å². The summed E-state index contributed by atoms with van der Waals surface area (Å²) in [6.07, 6.45) is 2.41. The van der Waals surface area contributed by atoms with E-state index in [1.807, 2.05) is 0 Å². The Hall–Kier alpha value is -1.39. The molecule has 1 aromatic rings. The molecule has 0 unspecified atom stereocenters. The number of nitrogens with zero attached hydrogens (tertiary/aromatic N) is 1. The highest BCUT2D eigenvalue weighted by Crippen LogP contribution is 2.30. The summed E-state index contributed by atoms with van der Waals surface area (Å²) in [5, 5.41) is 3.81. The molecule has 0 bridgehead atoms. The third kappa shape index (κ3) is 2.02. The molecule has 1 fully saturated rings. The molecular formula is C13H13ClN2O2. The van der Waals surface area contributed by atoms with Crippen LogP contribution in [0.4, 0.5) is 5.69 Å². The van der Waals surface area contributed by atoms with Gasteiger partial charge in [-0.1, -0.05) is 11.6 Å². The van der Waals surface area contributed by atoms with E-state index in [1.54, 1.807) is 18.2 Å². The Morgan fingerprint density at radius 3 is 2.83 bits per heavy atom. The molecule has 0 saturated heterocycles. The van der Waals surface area contributed by atoms with Crippen molar-refractivity contribution in [3.8, 4) is 0 Å². The zero-order chi connectivity index (χ0) is 12.7. The maximum atomic E-state index is 11.9. The lowest BCUT2D eigenvalue weighted by molar-refractivity contribution is -0.114. The van der Waals surface area contributed by atoms with Crippen LogP contribution in [0.2, 0.25) is 5.02 Å². The van der Waals surface area contributed by atoms with Crippen LogP contribution in [0.3, 0.4) is 0 Å². The van der Waals surface area contributed by atoms with Crippen LogP contribution in [0.1, 0.15) is 23.2 Å². The number of nitrogens with one attached hydrogen (secondary N) is 1. The number of ketones is 1. The highest BCUT2D eigenvalue weighted by Gasteiger charge is 2.35. The Morgan fingerprint density at radius 2 is 2.11 bits per heavy atom. The number of hydrogen-bond acceptors (Lipinski definition) is 3. The van der Waals surface area contributed by atoms with Gasteiger partial charge in [-0.15, -0.1) is 0 Å². The Kier molecular flexibility index (Phi) is 2.84. The number of anilines is 1. The Labute approximate surface area is 110 Å². The first-order chi connectivity index (χ1) is 8.66. The second-order valence-corrected chi connectivity index (χ2v) is 5.11. The van der Waals surface area contributed by atoms with Gasteiger partial charge in [0.1, 0.15) is 0 Å². The smallest absolute Gasteiger partial charge is 0.299 e. The van der Waals surface area contributed by atoms with E-state index < -0.39 is 11.7 Å². The van der Waals surface area contributed by atoms with Gasteiger partial charge in [-0.3, -0.25) is 9.59 Å². The van der Waals surface area contributed by atoms with Crippen LogP contribution in [0, 0.1) is 0 Å². The molecule has 18 heavy (non-hydrogen) atoms. The van der Waals surface area contributed by atoms with Crippen LogP contribution in [-0.2, 0) is 4.79 Å². The van der Waals surface area contributed by atoms with E-state index in [9.17, 15) is 9.59 Å². The van der Waals surface area contributed by atoms with Gasteiger partial charge in [0.15, 0.2) is 0 Å². The van der Waals surface area contributed by atoms with Crippen LogP contribution in [0.5, 0.6) is 0 Å². The lowest BCUT2D eigenvalue weighted by atomic mass is 10.1. The number of rotatable bonds is 4. The third-order valence-corrected chi connectivity index (χ3v) is 3.51. The molecule has 2 aliphatic rings. The highest BCUT2D eigenvalue weighted by atomic mass is 35.5. The fourth-order valence-electron chi connectivity index (χ4n) is 2.16. The minimum atomic E-state index is -0.459. The fraction of sp³-hybridized carbons (Fsp3) is 0.385. The molecule has 1 aliphatic carbocycles. The van der Waals surface area contributed by atoms with Crippen LogP contribution in [-0.4, -0.2) is 30.8 Å². The quantitative estimate of drug-likeness (QED) is 0.841. The van der Waals surface area contributed by atoms with E-state index in [2.05, 4.69) is 5.32 Å². The summed E-state index contributed by atoms with van der Waals surface area (Å²) >= 11 is 5.84. The summed E-state index contributed by atoms with van der Waals surface area (Å²) in [6, 6.07) is 5.60. The van der Waals surface area contributed by atoms with E-state index in [4.69, 9.17) is 11.6 Å². The summed E-state index contributed by atoms with van der Waals surface area (Å²) in [6.45, 7) is 1.24. The second kappa shape index (κ2) is 4.37. The number of halogens is 1. The zero-order valence-corrected chi connectivity index (χ0v) is 10.5. The normalized spacial score (nSPS) is 18.4. The maximum Gasteiger partial charge on any atom is 0.299 e. The molecule has 1 saturated carbocycles. The van der Waals surface area contributed by atoms with Gasteiger partial charge in [-0.2, -0.15) is 0 Å². The lowest BCUT2D eigenvalue weighted by Crippen LogP contribution is -2.36. The van der Waals surface area contributed by atoms with Crippen LogP contribution in [0.15, 0.2) is 18.2 Å². The first-order valence-corrected chi connectivity index (χ1v) is 6.44. The molecule has 0 radical (unpaired) electrons. The minimum absolute atomic E-state index is 0.416. The van der Waals surface area contributed by atoms with Gasteiger partial charge in [0.2, 0.25) is 0 Å². The first-order valence-electron chi connectivity index (χ1n) is 6.06. The highest BCUT2D eigenvalue weighted by molar-refractivity contribution is 6.52. The van der Waals surface area contributed by atoms with Crippen molar-refractivity contribution < 1.29 is 9.59 Å². The summed E-state index contributed by atoms with van der Waals surface area (Å²) in [4.78, 5) is 25.2. The fourth-order valence-corrected chi connectivity index (χ4v) is 2.33. The molecular weight excluding hydrogens is 252 g/mol. The summed E-state index contributed by atoms with van der Waals surface area (Å²) in [7, 11) is 0. The van der Waals surface area contributed by atoms with Gasteiger partial charge in [-0.05, 0) is 31.0 Å². The van der Waals surface area contributed by atoms with Crippen molar-refractivity contribution in [3.63, 3.8) is 0 Å². The third-order valence-electron chi connectivity index (χ3n) is 3.28. The number of benzene rings is 1. The topological polar surface area (TPSA) is 49.4 Å². The van der Waals surface area contributed by atoms with E-state index in [0.29, 0.717) is 35.4 Å². The summed E-state index contributed by atoms with van der Waals surface area (Å²) in [5.41, 5.74) is 1.09. The largest absolute Gasteiger partial charge is 0.312 e. The van der Waals surface area contributed by atoms with E-state index in [-0.39, 0.29) is 0 Å². The molecule has 1 heterocycles. The Balaban J connectivity index is 1.78. The molecule has 0 aromatic heterocycles. The molecule has 1 N–H and O–H groups in total. The van der Waals surface area contributed by atoms with E-state index >= 15 is 0 Å². The lowest BCUT2D eigenvalue weighted by Gasteiger charge is -2.16. The zero-order valence-electron chi connectivity index (χ0n) is 9.78. The monoisotopic (exact) mass is 264 g/mol. The van der Waals surface area contributed by atoms with Gasteiger partial charge >= 0.3 is 0 Å². The molecule has 3 rings (SSSR count). The number of Topliss-reactive ketones (excluding diaryl/α,β-unsaturated/α-hetero) is 1. The summed E-state index contributed by atoms with van der Waals surface area (Å²) < 4.78 is 0. The van der Waals surface area contributed by atoms with Crippen molar-refractivity contribution in [1.29, 1.82) is 0 Å². The average Bonchev–Trinajstić information content (AvgIpc) is 3.14. The predicted octanol–water partition coefficient (Wildman–Crippen LogP) is 1.62. The van der Waals surface area contributed by atoms with Gasteiger partial charge in [0, 0.05) is 24.2 Å². The van der Waals surface area contributed by atoms with Gasteiger partial charge in [0.25, 0.3) is 11.7 Å². The van der Waals surface area contributed by atoms with Gasteiger partial charge in [-0.25, -0.2) is 0 Å². The van der Waals surface area contributed by atoms with Crippen molar-refractivity contribution in [2.24, 2.45) is 0 Å². The van der Waals surface area contributed by atoms with Crippen molar-refractivity contribution in [3.05, 3.63) is 28.8 Å².